The minimum absolute atomic E-state index is 0.660. The molecule has 2 heterocycles. The molecule has 4 heteroatoms. The third-order valence-corrected chi connectivity index (χ3v) is 4.17. The lowest BCUT2D eigenvalue weighted by Gasteiger charge is -2.29. The van der Waals surface area contributed by atoms with Gasteiger partial charge in [-0.2, -0.15) is 5.10 Å². The van der Waals surface area contributed by atoms with Crippen molar-refractivity contribution < 1.29 is 0 Å². The Kier molecular flexibility index (Phi) is 3.46. The summed E-state index contributed by atoms with van der Waals surface area (Å²) in [6.45, 7) is 6.35. The summed E-state index contributed by atoms with van der Waals surface area (Å²) in [5.41, 5.74) is 2.50. The third kappa shape index (κ3) is 2.34. The van der Waals surface area contributed by atoms with Crippen LogP contribution in [0.5, 0.6) is 0 Å². The highest BCUT2D eigenvalue weighted by Gasteiger charge is 2.21. The van der Waals surface area contributed by atoms with Gasteiger partial charge in [-0.25, -0.2) is 0 Å². The monoisotopic (exact) mass is 246 g/mol. The number of hydrogen-bond acceptors (Lipinski definition) is 4. The van der Waals surface area contributed by atoms with E-state index in [0.29, 0.717) is 5.92 Å². The molecule has 98 valence electrons. The van der Waals surface area contributed by atoms with E-state index in [9.17, 15) is 0 Å². The van der Waals surface area contributed by atoms with E-state index in [1.165, 1.54) is 36.9 Å². The van der Waals surface area contributed by atoms with Crippen LogP contribution in [0.1, 0.15) is 42.9 Å². The molecule has 18 heavy (non-hydrogen) atoms. The summed E-state index contributed by atoms with van der Waals surface area (Å²) in [6, 6.07) is 2.26. The van der Waals surface area contributed by atoms with Crippen molar-refractivity contribution in [1.82, 2.24) is 15.5 Å². The zero-order valence-electron chi connectivity index (χ0n) is 11.2. The molecule has 0 unspecified atom stereocenters. The van der Waals surface area contributed by atoms with Crippen molar-refractivity contribution in [3.8, 4) is 0 Å². The number of nitrogens with one attached hydrogen (secondary N) is 1. The molecule has 1 aromatic rings. The molecule has 2 fully saturated rings. The number of rotatable bonds is 2. The van der Waals surface area contributed by atoms with E-state index in [4.69, 9.17) is 0 Å². The van der Waals surface area contributed by atoms with Crippen molar-refractivity contribution in [3.63, 3.8) is 0 Å². The third-order valence-electron chi connectivity index (χ3n) is 4.17. The van der Waals surface area contributed by atoms with Crippen LogP contribution in [0.15, 0.2) is 6.07 Å². The summed E-state index contributed by atoms with van der Waals surface area (Å²) in [5.74, 6) is 1.74. The van der Waals surface area contributed by atoms with Crippen molar-refractivity contribution in [2.75, 3.05) is 31.1 Å². The molecule has 1 aliphatic carbocycles. The molecular formula is C14H22N4. The second-order valence-electron chi connectivity index (χ2n) is 5.49. The number of anilines is 1. The van der Waals surface area contributed by atoms with Gasteiger partial charge in [-0.05, 0) is 31.4 Å². The molecule has 1 saturated carbocycles. The van der Waals surface area contributed by atoms with Crippen molar-refractivity contribution in [3.05, 3.63) is 17.3 Å². The SMILES string of the molecule is Cc1cc(C2CCCC2)nnc1N1CCNCC1. The highest BCUT2D eigenvalue weighted by atomic mass is 15.3. The molecule has 0 atom stereocenters. The van der Waals surface area contributed by atoms with Gasteiger partial charge in [0.1, 0.15) is 0 Å². The number of aryl methyl sites for hydroxylation is 1. The van der Waals surface area contributed by atoms with Gasteiger partial charge in [0.2, 0.25) is 0 Å². The fourth-order valence-corrected chi connectivity index (χ4v) is 3.11. The Morgan fingerprint density at radius 1 is 1.17 bits per heavy atom. The summed E-state index contributed by atoms with van der Waals surface area (Å²) >= 11 is 0. The highest BCUT2D eigenvalue weighted by molar-refractivity contribution is 5.46. The zero-order chi connectivity index (χ0) is 12.4. The average Bonchev–Trinajstić information content (AvgIpc) is 2.93. The van der Waals surface area contributed by atoms with Crippen molar-refractivity contribution in [2.24, 2.45) is 0 Å². The number of nitrogens with zero attached hydrogens (tertiary/aromatic N) is 3. The maximum absolute atomic E-state index is 4.49. The molecular weight excluding hydrogens is 224 g/mol. The van der Waals surface area contributed by atoms with Crippen LogP contribution >= 0.6 is 0 Å². The predicted molar refractivity (Wildman–Crippen MR) is 73.1 cm³/mol. The van der Waals surface area contributed by atoms with E-state index in [1.807, 2.05) is 0 Å². The van der Waals surface area contributed by atoms with Gasteiger partial charge in [0.25, 0.3) is 0 Å². The first kappa shape index (κ1) is 11.9. The fourth-order valence-electron chi connectivity index (χ4n) is 3.11. The first-order chi connectivity index (χ1) is 8.84. The minimum atomic E-state index is 0.660. The lowest BCUT2D eigenvalue weighted by Crippen LogP contribution is -2.44. The van der Waals surface area contributed by atoms with Gasteiger partial charge in [-0.3, -0.25) is 0 Å². The average molecular weight is 246 g/mol. The minimum Gasteiger partial charge on any atom is -0.352 e. The van der Waals surface area contributed by atoms with Gasteiger partial charge in [0.05, 0.1) is 5.69 Å². The normalized spacial score (nSPS) is 21.5. The van der Waals surface area contributed by atoms with Crippen LogP contribution in [-0.2, 0) is 0 Å². The molecule has 2 aliphatic rings. The van der Waals surface area contributed by atoms with E-state index in [2.05, 4.69) is 33.4 Å². The Balaban J connectivity index is 1.79. The summed E-state index contributed by atoms with van der Waals surface area (Å²) in [7, 11) is 0. The summed E-state index contributed by atoms with van der Waals surface area (Å²) in [6.07, 6.45) is 5.29. The van der Waals surface area contributed by atoms with Crippen molar-refractivity contribution in [1.29, 1.82) is 0 Å². The lowest BCUT2D eigenvalue weighted by molar-refractivity contribution is 0.579. The molecule has 1 aliphatic heterocycles. The summed E-state index contributed by atoms with van der Waals surface area (Å²) in [4.78, 5) is 2.34. The Bertz CT molecular complexity index is 406. The Morgan fingerprint density at radius 3 is 2.56 bits per heavy atom. The maximum Gasteiger partial charge on any atom is 0.154 e. The molecule has 0 bridgehead atoms. The smallest absolute Gasteiger partial charge is 0.154 e. The molecule has 0 amide bonds. The highest BCUT2D eigenvalue weighted by Crippen LogP contribution is 2.33. The van der Waals surface area contributed by atoms with Crippen LogP contribution in [0.25, 0.3) is 0 Å². The second-order valence-corrected chi connectivity index (χ2v) is 5.49. The lowest BCUT2D eigenvalue weighted by atomic mass is 10.0. The molecule has 4 nitrogen and oxygen atoms in total. The maximum atomic E-state index is 4.49. The molecule has 0 aromatic carbocycles. The number of aromatic nitrogens is 2. The summed E-state index contributed by atoms with van der Waals surface area (Å²) in [5, 5.41) is 12.3. The fraction of sp³-hybridized carbons (Fsp3) is 0.714. The largest absolute Gasteiger partial charge is 0.352 e. The van der Waals surface area contributed by atoms with Gasteiger partial charge in [-0.15, -0.1) is 5.10 Å². The van der Waals surface area contributed by atoms with Crippen LogP contribution < -0.4 is 10.2 Å². The number of hydrogen-bond donors (Lipinski definition) is 1. The quantitative estimate of drug-likeness (QED) is 0.864. The van der Waals surface area contributed by atoms with Gasteiger partial charge >= 0.3 is 0 Å². The molecule has 3 rings (SSSR count). The van der Waals surface area contributed by atoms with Gasteiger partial charge < -0.3 is 10.2 Å². The Labute approximate surface area is 109 Å². The van der Waals surface area contributed by atoms with E-state index in [1.54, 1.807) is 0 Å². The number of piperazine rings is 1. The second kappa shape index (κ2) is 5.22. The first-order valence-electron chi connectivity index (χ1n) is 7.14. The molecule has 0 spiro atoms. The Morgan fingerprint density at radius 2 is 1.89 bits per heavy atom. The van der Waals surface area contributed by atoms with Gasteiger partial charge in [-0.1, -0.05) is 12.8 Å². The van der Waals surface area contributed by atoms with Gasteiger partial charge in [0, 0.05) is 32.1 Å². The molecule has 1 aromatic heterocycles. The zero-order valence-corrected chi connectivity index (χ0v) is 11.2. The van der Waals surface area contributed by atoms with Crippen molar-refractivity contribution in [2.45, 2.75) is 38.5 Å². The predicted octanol–water partition coefficient (Wildman–Crippen LogP) is 1.85. The first-order valence-corrected chi connectivity index (χ1v) is 7.14. The summed E-state index contributed by atoms with van der Waals surface area (Å²) < 4.78 is 0. The molecule has 1 saturated heterocycles. The standard InChI is InChI=1S/C14H22N4/c1-11-10-13(12-4-2-3-5-12)16-17-14(11)18-8-6-15-7-9-18/h10,12,15H,2-9H2,1H3. The van der Waals surface area contributed by atoms with E-state index in [0.717, 1.165) is 32.0 Å². The topological polar surface area (TPSA) is 41.1 Å². The van der Waals surface area contributed by atoms with Crippen LogP contribution in [0.4, 0.5) is 5.82 Å². The van der Waals surface area contributed by atoms with Crippen LogP contribution in [0.3, 0.4) is 0 Å². The van der Waals surface area contributed by atoms with E-state index < -0.39 is 0 Å². The van der Waals surface area contributed by atoms with Crippen LogP contribution in [0.2, 0.25) is 0 Å². The van der Waals surface area contributed by atoms with Crippen LogP contribution in [-0.4, -0.2) is 36.4 Å². The van der Waals surface area contributed by atoms with Crippen molar-refractivity contribution >= 4 is 5.82 Å². The van der Waals surface area contributed by atoms with E-state index in [-0.39, 0.29) is 0 Å². The molecule has 1 N–H and O–H groups in total. The van der Waals surface area contributed by atoms with E-state index >= 15 is 0 Å². The molecule has 0 radical (unpaired) electrons. The van der Waals surface area contributed by atoms with Crippen LogP contribution in [0, 0.1) is 6.92 Å². The Hall–Kier alpha value is -1.16. The van der Waals surface area contributed by atoms with Gasteiger partial charge in [0.15, 0.2) is 5.82 Å².